The normalized spacial score (nSPS) is 22.1. The summed E-state index contributed by atoms with van der Waals surface area (Å²) in [6, 6.07) is 0. The van der Waals surface area contributed by atoms with Crippen molar-refractivity contribution < 1.29 is 0 Å². The molecule has 0 aliphatic heterocycles. The summed E-state index contributed by atoms with van der Waals surface area (Å²) in [5.41, 5.74) is 6.24. The number of nitrogens with one attached hydrogen (secondary N) is 1. The monoisotopic (exact) mass is 198 g/mol. The Bertz CT molecular complexity index is 156. The number of rotatable bonds is 6. The van der Waals surface area contributed by atoms with Crippen molar-refractivity contribution in [3.05, 3.63) is 0 Å². The van der Waals surface area contributed by atoms with E-state index in [1.165, 1.54) is 25.7 Å². The van der Waals surface area contributed by atoms with Crippen molar-refractivity contribution in [2.24, 2.45) is 17.6 Å². The van der Waals surface area contributed by atoms with E-state index in [0.717, 1.165) is 13.1 Å². The zero-order chi connectivity index (χ0) is 10.6. The van der Waals surface area contributed by atoms with Crippen LogP contribution in [0.1, 0.15) is 46.5 Å². The van der Waals surface area contributed by atoms with E-state index in [4.69, 9.17) is 5.73 Å². The first kappa shape index (κ1) is 12.0. The summed E-state index contributed by atoms with van der Waals surface area (Å²) in [6.07, 6.45) is 5.38. The van der Waals surface area contributed by atoms with Crippen molar-refractivity contribution in [1.82, 2.24) is 5.32 Å². The number of hydrogen-bond acceptors (Lipinski definition) is 2. The molecule has 1 aliphatic rings. The van der Waals surface area contributed by atoms with Crippen LogP contribution in [-0.4, -0.2) is 18.6 Å². The van der Waals surface area contributed by atoms with Crippen LogP contribution in [0.3, 0.4) is 0 Å². The maximum absolute atomic E-state index is 5.76. The Balaban J connectivity index is 2.30. The van der Waals surface area contributed by atoms with Gasteiger partial charge in [0.2, 0.25) is 0 Å². The highest BCUT2D eigenvalue weighted by Crippen LogP contribution is 2.34. The van der Waals surface area contributed by atoms with Gasteiger partial charge in [-0.1, -0.05) is 20.8 Å². The lowest BCUT2D eigenvalue weighted by Crippen LogP contribution is -2.52. The third-order valence-corrected chi connectivity index (χ3v) is 3.97. The van der Waals surface area contributed by atoms with Crippen molar-refractivity contribution in [2.75, 3.05) is 13.1 Å². The van der Waals surface area contributed by atoms with Gasteiger partial charge >= 0.3 is 0 Å². The van der Waals surface area contributed by atoms with Gasteiger partial charge in [-0.15, -0.1) is 0 Å². The molecule has 0 saturated heterocycles. The predicted molar refractivity (Wildman–Crippen MR) is 62.3 cm³/mol. The summed E-state index contributed by atoms with van der Waals surface area (Å²) in [5, 5.41) is 3.73. The minimum Gasteiger partial charge on any atom is -0.330 e. The molecule has 0 heterocycles. The molecule has 1 saturated carbocycles. The van der Waals surface area contributed by atoms with E-state index >= 15 is 0 Å². The van der Waals surface area contributed by atoms with Gasteiger partial charge in [-0.05, 0) is 50.6 Å². The first-order valence-corrected chi connectivity index (χ1v) is 6.08. The summed E-state index contributed by atoms with van der Waals surface area (Å²) in [6.45, 7) is 8.72. The van der Waals surface area contributed by atoms with E-state index in [1.807, 2.05) is 0 Å². The lowest BCUT2D eigenvalue weighted by atomic mass is 9.74. The lowest BCUT2D eigenvalue weighted by molar-refractivity contribution is 0.162. The summed E-state index contributed by atoms with van der Waals surface area (Å²) < 4.78 is 0. The molecule has 0 spiro atoms. The van der Waals surface area contributed by atoms with E-state index in [-0.39, 0.29) is 0 Å². The van der Waals surface area contributed by atoms with Crippen LogP contribution in [0.15, 0.2) is 0 Å². The topological polar surface area (TPSA) is 38.0 Å². The highest BCUT2D eigenvalue weighted by atomic mass is 15.0. The molecule has 0 aromatic heterocycles. The van der Waals surface area contributed by atoms with Crippen molar-refractivity contribution in [2.45, 2.75) is 52.0 Å². The molecule has 1 fully saturated rings. The Labute approximate surface area is 88.6 Å². The van der Waals surface area contributed by atoms with Crippen molar-refractivity contribution in [3.63, 3.8) is 0 Å². The van der Waals surface area contributed by atoms with Gasteiger partial charge in [-0.3, -0.25) is 0 Å². The Hall–Kier alpha value is -0.0800. The van der Waals surface area contributed by atoms with Gasteiger partial charge in [0, 0.05) is 5.54 Å². The Morgan fingerprint density at radius 2 is 2.00 bits per heavy atom. The molecule has 1 unspecified atom stereocenters. The molecule has 84 valence electrons. The maximum atomic E-state index is 5.76. The first-order chi connectivity index (χ1) is 6.63. The van der Waals surface area contributed by atoms with Crippen LogP contribution in [0.5, 0.6) is 0 Å². The van der Waals surface area contributed by atoms with Gasteiger partial charge in [0.15, 0.2) is 0 Å². The van der Waals surface area contributed by atoms with Crippen LogP contribution in [0.2, 0.25) is 0 Å². The van der Waals surface area contributed by atoms with Crippen LogP contribution in [0, 0.1) is 11.8 Å². The Kier molecular flexibility index (Phi) is 4.39. The lowest BCUT2D eigenvalue weighted by Gasteiger charge is -2.43. The van der Waals surface area contributed by atoms with Crippen LogP contribution in [-0.2, 0) is 0 Å². The first-order valence-electron chi connectivity index (χ1n) is 6.08. The summed E-state index contributed by atoms with van der Waals surface area (Å²) in [4.78, 5) is 0. The molecule has 0 aromatic rings. The van der Waals surface area contributed by atoms with Crippen molar-refractivity contribution >= 4 is 0 Å². The van der Waals surface area contributed by atoms with Crippen LogP contribution < -0.4 is 11.1 Å². The molecule has 0 radical (unpaired) electrons. The molecule has 1 aliphatic carbocycles. The Morgan fingerprint density at radius 1 is 1.36 bits per heavy atom. The summed E-state index contributed by atoms with van der Waals surface area (Å²) in [7, 11) is 0. The van der Waals surface area contributed by atoms with Gasteiger partial charge in [0.05, 0.1) is 0 Å². The predicted octanol–water partition coefficient (Wildman–Crippen LogP) is 2.14. The largest absolute Gasteiger partial charge is 0.330 e. The van der Waals surface area contributed by atoms with Crippen molar-refractivity contribution in [1.29, 1.82) is 0 Å². The number of nitrogens with two attached hydrogens (primary N) is 1. The third-order valence-electron chi connectivity index (χ3n) is 3.97. The van der Waals surface area contributed by atoms with Crippen LogP contribution >= 0.6 is 0 Å². The van der Waals surface area contributed by atoms with E-state index in [9.17, 15) is 0 Å². The van der Waals surface area contributed by atoms with Crippen LogP contribution in [0.4, 0.5) is 0 Å². The molecule has 1 rings (SSSR count). The quantitative estimate of drug-likeness (QED) is 0.686. The summed E-state index contributed by atoms with van der Waals surface area (Å²) in [5.74, 6) is 1.33. The van der Waals surface area contributed by atoms with E-state index < -0.39 is 0 Å². The number of hydrogen-bond donors (Lipinski definition) is 2. The van der Waals surface area contributed by atoms with E-state index in [0.29, 0.717) is 17.4 Å². The molecule has 0 aromatic carbocycles. The van der Waals surface area contributed by atoms with E-state index in [1.54, 1.807) is 0 Å². The fraction of sp³-hybridized carbons (Fsp3) is 1.00. The van der Waals surface area contributed by atoms with Gasteiger partial charge in [-0.2, -0.15) is 0 Å². The fourth-order valence-electron chi connectivity index (χ4n) is 2.20. The van der Waals surface area contributed by atoms with Gasteiger partial charge < -0.3 is 11.1 Å². The molecule has 0 bridgehead atoms. The van der Waals surface area contributed by atoms with E-state index in [2.05, 4.69) is 26.1 Å². The minimum atomic E-state index is 0.475. The van der Waals surface area contributed by atoms with Crippen LogP contribution in [0.25, 0.3) is 0 Å². The second-order valence-corrected chi connectivity index (χ2v) is 5.11. The molecule has 0 amide bonds. The van der Waals surface area contributed by atoms with Gasteiger partial charge in [0.25, 0.3) is 0 Å². The van der Waals surface area contributed by atoms with Crippen molar-refractivity contribution in [3.8, 4) is 0 Å². The molecular formula is C12H26N2. The zero-order valence-electron chi connectivity index (χ0n) is 9.97. The zero-order valence-corrected chi connectivity index (χ0v) is 9.97. The smallest absolute Gasteiger partial charge is 0.0179 e. The Morgan fingerprint density at radius 3 is 2.29 bits per heavy atom. The second kappa shape index (κ2) is 5.13. The average Bonchev–Trinajstić information content (AvgIpc) is 2.09. The molecule has 2 heteroatoms. The van der Waals surface area contributed by atoms with Gasteiger partial charge in [-0.25, -0.2) is 0 Å². The standard InChI is InChI=1S/C12H26N2/c1-4-12(6-5-7-12)14-9-11(8-13)10(2)3/h10-11,14H,4-9,13H2,1-3H3. The SMILES string of the molecule is CCC1(NCC(CN)C(C)C)CCC1. The highest BCUT2D eigenvalue weighted by molar-refractivity contribution is 4.95. The highest BCUT2D eigenvalue weighted by Gasteiger charge is 2.34. The fourth-order valence-corrected chi connectivity index (χ4v) is 2.20. The average molecular weight is 198 g/mol. The maximum Gasteiger partial charge on any atom is 0.0179 e. The molecular weight excluding hydrogens is 172 g/mol. The molecule has 14 heavy (non-hydrogen) atoms. The summed E-state index contributed by atoms with van der Waals surface area (Å²) >= 11 is 0. The second-order valence-electron chi connectivity index (χ2n) is 5.11. The minimum absolute atomic E-state index is 0.475. The molecule has 3 N–H and O–H groups in total. The third kappa shape index (κ3) is 2.71. The molecule has 1 atom stereocenters. The van der Waals surface area contributed by atoms with Gasteiger partial charge in [0.1, 0.15) is 0 Å². The molecule has 2 nitrogen and oxygen atoms in total.